The second-order valence-electron chi connectivity index (χ2n) is 13.3. The minimum atomic E-state index is -1.36. The fourth-order valence-electron chi connectivity index (χ4n) is 10.6. The zero-order chi connectivity index (χ0) is 26.3. The van der Waals surface area contributed by atoms with Gasteiger partial charge in [0.25, 0.3) is 0 Å². The molecule has 1 aromatic heterocycles. The normalized spacial score (nSPS) is 57.5. The largest absolute Gasteiger partial charge is 0.472 e. The Morgan fingerprint density at radius 3 is 2.49 bits per heavy atom. The molecule has 13 atom stereocenters. The van der Waals surface area contributed by atoms with Crippen molar-refractivity contribution >= 4 is 11.8 Å². The van der Waals surface area contributed by atoms with E-state index in [0.717, 1.165) is 5.56 Å². The van der Waals surface area contributed by atoms with Crippen LogP contribution in [0.15, 0.2) is 23.0 Å². The van der Waals surface area contributed by atoms with Crippen LogP contribution >= 0.6 is 0 Å². The summed E-state index contributed by atoms with van der Waals surface area (Å²) >= 11 is 0. The molecule has 1 spiro atoms. The zero-order valence-electron chi connectivity index (χ0n) is 21.7. The highest BCUT2D eigenvalue weighted by atomic mass is 16.6. The Morgan fingerprint density at radius 1 is 1.05 bits per heavy atom. The van der Waals surface area contributed by atoms with Crippen molar-refractivity contribution < 1.29 is 43.5 Å². The minimum absolute atomic E-state index is 0.134. The van der Waals surface area contributed by atoms with E-state index in [1.165, 1.54) is 6.92 Å². The Kier molecular flexibility index (Phi) is 4.62. The van der Waals surface area contributed by atoms with Gasteiger partial charge in [-0.2, -0.15) is 0 Å². The third kappa shape index (κ3) is 2.38. The second-order valence-corrected chi connectivity index (χ2v) is 13.3. The van der Waals surface area contributed by atoms with Crippen LogP contribution in [0.3, 0.4) is 0 Å². The number of hydrogen-bond acceptors (Lipinski definition) is 9. The number of aliphatic hydroxyl groups is 3. The number of aliphatic hydroxyl groups excluding tert-OH is 3. The number of furan rings is 1. The molecule has 2 aliphatic heterocycles. The van der Waals surface area contributed by atoms with Gasteiger partial charge in [0.05, 0.1) is 44.1 Å². The summed E-state index contributed by atoms with van der Waals surface area (Å²) in [6.45, 7) is 7.57. The standard InChI is InChI=1S/C28H36O9/c1-13(29)36-19-9-18(31)27-12-35-11-24(19,2)16(27)8-17(30)26(4)22(27)21(32)23(33)25(3)15(14-5-6-34-10-14)7-20-28(25,26)37-20/h5-6,10,15-20,22-23,30-31,33H,7-9,11-12H2,1-4H3. The summed E-state index contributed by atoms with van der Waals surface area (Å²) in [7, 11) is 0. The maximum atomic E-state index is 14.5. The van der Waals surface area contributed by atoms with Crippen LogP contribution in [0.4, 0.5) is 0 Å². The lowest BCUT2D eigenvalue weighted by Crippen LogP contribution is -2.81. The van der Waals surface area contributed by atoms with Crippen LogP contribution in [0, 0.1) is 33.5 Å². The molecule has 9 heteroatoms. The van der Waals surface area contributed by atoms with Gasteiger partial charge in [-0.25, -0.2) is 0 Å². The summed E-state index contributed by atoms with van der Waals surface area (Å²) in [5, 5.41) is 35.7. The molecule has 4 aliphatic carbocycles. The first-order chi connectivity index (χ1) is 17.4. The van der Waals surface area contributed by atoms with E-state index in [9.17, 15) is 24.9 Å². The number of carbonyl (C=O) groups excluding carboxylic acids is 2. The molecule has 13 unspecified atom stereocenters. The van der Waals surface area contributed by atoms with Gasteiger partial charge in [0.1, 0.15) is 17.8 Å². The third-order valence-corrected chi connectivity index (χ3v) is 12.2. The lowest BCUT2D eigenvalue weighted by atomic mass is 9.33. The van der Waals surface area contributed by atoms with Gasteiger partial charge in [0, 0.05) is 46.8 Å². The molecule has 3 N–H and O–H groups in total. The minimum Gasteiger partial charge on any atom is -0.472 e. The maximum absolute atomic E-state index is 14.5. The number of ether oxygens (including phenoxy) is 3. The van der Waals surface area contributed by atoms with Crippen LogP contribution in [-0.2, 0) is 23.8 Å². The third-order valence-electron chi connectivity index (χ3n) is 12.2. The Balaban J connectivity index is 1.40. The molecule has 3 heterocycles. The van der Waals surface area contributed by atoms with E-state index in [0.29, 0.717) is 19.4 Å². The average Bonchev–Trinajstić information content (AvgIpc) is 3.20. The van der Waals surface area contributed by atoms with Crippen molar-refractivity contribution in [3.05, 3.63) is 24.2 Å². The summed E-state index contributed by atoms with van der Waals surface area (Å²) in [4.78, 5) is 26.5. The molecule has 0 amide bonds. The zero-order valence-corrected chi connectivity index (χ0v) is 21.7. The summed E-state index contributed by atoms with van der Waals surface area (Å²) in [5.74, 6) is -2.24. The lowest BCUT2D eigenvalue weighted by Gasteiger charge is -2.72. The van der Waals surface area contributed by atoms with E-state index in [-0.39, 0.29) is 36.8 Å². The van der Waals surface area contributed by atoms with Gasteiger partial charge in [-0.15, -0.1) is 0 Å². The molecule has 6 fully saturated rings. The van der Waals surface area contributed by atoms with Gasteiger partial charge in [0.15, 0.2) is 5.78 Å². The summed E-state index contributed by atoms with van der Waals surface area (Å²) in [6, 6.07) is 1.87. The van der Waals surface area contributed by atoms with Gasteiger partial charge >= 0.3 is 5.97 Å². The van der Waals surface area contributed by atoms with Crippen molar-refractivity contribution in [2.75, 3.05) is 13.2 Å². The first-order valence-corrected chi connectivity index (χ1v) is 13.4. The molecule has 2 saturated heterocycles. The van der Waals surface area contributed by atoms with Gasteiger partial charge in [-0.1, -0.05) is 20.8 Å². The van der Waals surface area contributed by atoms with Crippen molar-refractivity contribution in [1.82, 2.24) is 0 Å². The number of epoxide rings is 1. The van der Waals surface area contributed by atoms with Crippen LogP contribution in [0.1, 0.15) is 58.4 Å². The fraction of sp³-hybridized carbons (Fsp3) is 0.786. The molecule has 0 aromatic carbocycles. The number of rotatable bonds is 2. The number of fused-ring (bicyclic) bond motifs is 1. The summed E-state index contributed by atoms with van der Waals surface area (Å²) in [6.07, 6.45) is 0.198. The van der Waals surface area contributed by atoms with E-state index >= 15 is 0 Å². The van der Waals surface area contributed by atoms with E-state index in [4.69, 9.17) is 18.6 Å². The predicted molar refractivity (Wildman–Crippen MR) is 126 cm³/mol. The number of esters is 1. The van der Waals surface area contributed by atoms with Gasteiger partial charge in [-0.05, 0) is 30.4 Å². The highest BCUT2D eigenvalue weighted by Gasteiger charge is 2.91. The highest BCUT2D eigenvalue weighted by Crippen LogP contribution is 2.82. The topological polar surface area (TPSA) is 139 Å². The number of Topliss-reactive ketones (excluding diaryl/α,β-unsaturated/α-hetero) is 1. The van der Waals surface area contributed by atoms with Crippen LogP contribution < -0.4 is 0 Å². The average molecular weight is 517 g/mol. The lowest BCUT2D eigenvalue weighted by molar-refractivity contribution is -0.328. The molecular weight excluding hydrogens is 480 g/mol. The molecule has 9 nitrogen and oxygen atoms in total. The molecule has 2 bridgehead atoms. The number of carbonyl (C=O) groups is 2. The molecule has 1 aromatic rings. The van der Waals surface area contributed by atoms with Crippen LogP contribution in [0.5, 0.6) is 0 Å². The maximum Gasteiger partial charge on any atom is 0.302 e. The van der Waals surface area contributed by atoms with E-state index in [1.807, 2.05) is 26.8 Å². The van der Waals surface area contributed by atoms with Crippen LogP contribution in [0.2, 0.25) is 0 Å². The van der Waals surface area contributed by atoms with Crippen molar-refractivity contribution in [3.63, 3.8) is 0 Å². The van der Waals surface area contributed by atoms with E-state index < -0.39 is 63.6 Å². The number of ketones is 1. The Bertz CT molecular complexity index is 1170. The van der Waals surface area contributed by atoms with Crippen molar-refractivity contribution in [2.24, 2.45) is 33.5 Å². The van der Waals surface area contributed by atoms with E-state index in [1.54, 1.807) is 12.5 Å². The summed E-state index contributed by atoms with van der Waals surface area (Å²) in [5.41, 5.74) is -3.83. The van der Waals surface area contributed by atoms with Gasteiger partial charge in [-0.3, -0.25) is 9.59 Å². The van der Waals surface area contributed by atoms with E-state index in [2.05, 4.69) is 0 Å². The Morgan fingerprint density at radius 2 is 1.81 bits per heavy atom. The molecule has 6 aliphatic rings. The number of hydrogen-bond donors (Lipinski definition) is 3. The monoisotopic (exact) mass is 516 g/mol. The molecule has 4 saturated carbocycles. The quantitative estimate of drug-likeness (QED) is 0.395. The first-order valence-electron chi connectivity index (χ1n) is 13.4. The summed E-state index contributed by atoms with van der Waals surface area (Å²) < 4.78 is 23.7. The molecule has 0 radical (unpaired) electrons. The predicted octanol–water partition coefficient (Wildman–Crippen LogP) is 1.58. The van der Waals surface area contributed by atoms with Crippen LogP contribution in [0.25, 0.3) is 0 Å². The fourth-order valence-corrected chi connectivity index (χ4v) is 10.6. The molecule has 7 rings (SSSR count). The first kappa shape index (κ1) is 24.3. The molecule has 37 heavy (non-hydrogen) atoms. The van der Waals surface area contributed by atoms with Crippen molar-refractivity contribution in [1.29, 1.82) is 0 Å². The van der Waals surface area contributed by atoms with Gasteiger partial charge < -0.3 is 33.9 Å². The Labute approximate surface area is 215 Å². The SMILES string of the molecule is CC(=O)OC1CC(O)C23COCC1(C)C2CC(O)C1(C)C3C(=O)C(O)C2(C)C(c3ccoc3)CC3OC321. The van der Waals surface area contributed by atoms with Crippen molar-refractivity contribution in [2.45, 2.75) is 89.0 Å². The second kappa shape index (κ2) is 7.04. The Hall–Kier alpha value is -1.78. The van der Waals surface area contributed by atoms with Crippen molar-refractivity contribution in [3.8, 4) is 0 Å². The highest BCUT2D eigenvalue weighted by molar-refractivity contribution is 5.91. The smallest absolute Gasteiger partial charge is 0.302 e. The molecular formula is C28H36O9. The van der Waals surface area contributed by atoms with Gasteiger partial charge in [0.2, 0.25) is 0 Å². The molecule has 202 valence electrons. The van der Waals surface area contributed by atoms with Crippen LogP contribution in [-0.4, -0.2) is 76.4 Å².